The van der Waals surface area contributed by atoms with Gasteiger partial charge in [0.05, 0.1) is 6.07 Å². The Kier molecular flexibility index (Phi) is 1.91. The van der Waals surface area contributed by atoms with Crippen LogP contribution in [0.3, 0.4) is 0 Å². The molecule has 0 N–H and O–H groups in total. The van der Waals surface area contributed by atoms with E-state index < -0.39 is 10.5 Å². The van der Waals surface area contributed by atoms with Crippen LogP contribution in [0.25, 0.3) is 0 Å². The zero-order valence-electron chi connectivity index (χ0n) is 5.09. The van der Waals surface area contributed by atoms with Crippen LogP contribution < -0.4 is 0 Å². The maximum atomic E-state index is 13.1. The standard InChI is InChI=1S/C7H5BrFN/c8-7(9)4-2-1-3-6(7)5-10/h1-4,6H. The second kappa shape index (κ2) is 2.55. The van der Waals surface area contributed by atoms with E-state index in [-0.39, 0.29) is 0 Å². The second-order valence-corrected chi connectivity index (χ2v) is 3.24. The third kappa shape index (κ3) is 1.27. The molecule has 0 saturated carbocycles. The van der Waals surface area contributed by atoms with Crippen molar-refractivity contribution in [2.45, 2.75) is 4.58 Å². The molecule has 0 aromatic carbocycles. The average molecular weight is 202 g/mol. The second-order valence-electron chi connectivity index (χ2n) is 2.03. The first-order valence-electron chi connectivity index (χ1n) is 2.80. The van der Waals surface area contributed by atoms with Gasteiger partial charge in [0.2, 0.25) is 4.58 Å². The summed E-state index contributed by atoms with van der Waals surface area (Å²) in [4.78, 5) is 0. The fourth-order valence-corrected chi connectivity index (χ4v) is 1.13. The molecule has 0 saturated heterocycles. The number of nitrogens with zero attached hydrogens (tertiary/aromatic N) is 1. The third-order valence-corrected chi connectivity index (χ3v) is 2.04. The molecule has 0 amide bonds. The molecular weight excluding hydrogens is 197 g/mol. The number of allylic oxidation sites excluding steroid dienone is 4. The van der Waals surface area contributed by atoms with Crippen LogP contribution in [-0.2, 0) is 0 Å². The van der Waals surface area contributed by atoms with Gasteiger partial charge in [-0.15, -0.1) is 0 Å². The van der Waals surface area contributed by atoms with Crippen LogP contribution in [0.4, 0.5) is 4.39 Å². The largest absolute Gasteiger partial charge is 0.225 e. The molecular formula is C7H5BrFN. The smallest absolute Gasteiger partial charge is 0.202 e. The highest BCUT2D eigenvalue weighted by atomic mass is 79.9. The van der Waals surface area contributed by atoms with Gasteiger partial charge in [0.25, 0.3) is 0 Å². The van der Waals surface area contributed by atoms with Gasteiger partial charge >= 0.3 is 0 Å². The Labute approximate surface area is 67.0 Å². The van der Waals surface area contributed by atoms with Gasteiger partial charge in [0, 0.05) is 0 Å². The average Bonchev–Trinajstić information content (AvgIpc) is 1.87. The molecule has 10 heavy (non-hydrogen) atoms. The minimum atomic E-state index is -1.67. The van der Waals surface area contributed by atoms with Crippen molar-refractivity contribution in [1.29, 1.82) is 5.26 Å². The molecule has 2 unspecified atom stereocenters. The first kappa shape index (κ1) is 7.49. The Morgan fingerprint density at radius 1 is 1.60 bits per heavy atom. The highest BCUT2D eigenvalue weighted by Gasteiger charge is 2.33. The van der Waals surface area contributed by atoms with E-state index in [4.69, 9.17) is 5.26 Å². The molecule has 0 radical (unpaired) electrons. The Hall–Kier alpha value is -0.620. The Morgan fingerprint density at radius 2 is 2.30 bits per heavy atom. The Bertz CT molecular complexity index is 224. The van der Waals surface area contributed by atoms with E-state index >= 15 is 0 Å². The van der Waals surface area contributed by atoms with Gasteiger partial charge in [-0.2, -0.15) is 5.26 Å². The van der Waals surface area contributed by atoms with Crippen molar-refractivity contribution in [3.05, 3.63) is 24.3 Å². The van der Waals surface area contributed by atoms with Gasteiger partial charge in [-0.05, 0) is 22.0 Å². The van der Waals surface area contributed by atoms with E-state index in [0.29, 0.717) is 0 Å². The Morgan fingerprint density at radius 3 is 2.70 bits per heavy atom. The number of alkyl halides is 2. The topological polar surface area (TPSA) is 23.8 Å². The minimum absolute atomic E-state index is 0.711. The summed E-state index contributed by atoms with van der Waals surface area (Å²) in [7, 11) is 0. The van der Waals surface area contributed by atoms with Gasteiger partial charge in [-0.3, -0.25) is 0 Å². The van der Waals surface area contributed by atoms with E-state index in [1.54, 1.807) is 12.2 Å². The van der Waals surface area contributed by atoms with Crippen molar-refractivity contribution in [3.8, 4) is 6.07 Å². The number of halogens is 2. The lowest BCUT2D eigenvalue weighted by Gasteiger charge is -2.18. The maximum Gasteiger partial charge on any atom is 0.202 e. The summed E-state index contributed by atoms with van der Waals surface area (Å²) in [6.07, 6.45) is 6.07. The number of hydrogen-bond acceptors (Lipinski definition) is 1. The molecule has 1 nitrogen and oxygen atoms in total. The van der Waals surface area contributed by atoms with Crippen LogP contribution >= 0.6 is 15.9 Å². The summed E-state index contributed by atoms with van der Waals surface area (Å²) in [6.45, 7) is 0. The number of hydrogen-bond donors (Lipinski definition) is 0. The molecule has 0 bridgehead atoms. The van der Waals surface area contributed by atoms with Gasteiger partial charge in [0.15, 0.2) is 0 Å². The predicted octanol–water partition coefficient (Wildman–Crippen LogP) is 2.31. The quantitative estimate of drug-likeness (QED) is 0.553. The molecule has 0 aromatic rings. The first-order valence-corrected chi connectivity index (χ1v) is 3.59. The van der Waals surface area contributed by atoms with E-state index in [1.165, 1.54) is 12.2 Å². The van der Waals surface area contributed by atoms with Crippen molar-refractivity contribution >= 4 is 15.9 Å². The van der Waals surface area contributed by atoms with Gasteiger partial charge < -0.3 is 0 Å². The monoisotopic (exact) mass is 201 g/mol. The van der Waals surface area contributed by atoms with E-state index in [2.05, 4.69) is 15.9 Å². The minimum Gasteiger partial charge on any atom is -0.225 e. The Balaban J connectivity index is 2.87. The molecule has 0 aliphatic heterocycles. The fraction of sp³-hybridized carbons (Fsp3) is 0.286. The predicted molar refractivity (Wildman–Crippen MR) is 40.1 cm³/mol. The van der Waals surface area contributed by atoms with Gasteiger partial charge in [0.1, 0.15) is 5.92 Å². The van der Waals surface area contributed by atoms with E-state index in [9.17, 15) is 4.39 Å². The van der Waals surface area contributed by atoms with Crippen molar-refractivity contribution in [2.75, 3.05) is 0 Å². The van der Waals surface area contributed by atoms with Crippen LogP contribution in [0.2, 0.25) is 0 Å². The molecule has 1 aliphatic rings. The molecule has 0 aromatic heterocycles. The fourth-order valence-electron chi connectivity index (χ4n) is 0.720. The summed E-state index contributed by atoms with van der Waals surface area (Å²) in [5.74, 6) is -0.711. The van der Waals surface area contributed by atoms with Gasteiger partial charge in [-0.1, -0.05) is 18.2 Å². The van der Waals surface area contributed by atoms with Crippen molar-refractivity contribution in [2.24, 2.45) is 5.92 Å². The molecule has 2 atom stereocenters. The summed E-state index contributed by atoms with van der Waals surface area (Å²) < 4.78 is 11.4. The van der Waals surface area contributed by atoms with E-state index in [0.717, 1.165) is 0 Å². The summed E-state index contributed by atoms with van der Waals surface area (Å²) in [5.41, 5.74) is 0. The highest BCUT2D eigenvalue weighted by Crippen LogP contribution is 2.34. The van der Waals surface area contributed by atoms with Crippen molar-refractivity contribution in [1.82, 2.24) is 0 Å². The van der Waals surface area contributed by atoms with Crippen molar-refractivity contribution in [3.63, 3.8) is 0 Å². The summed E-state index contributed by atoms with van der Waals surface area (Å²) >= 11 is 2.79. The number of nitriles is 1. The summed E-state index contributed by atoms with van der Waals surface area (Å²) in [6, 6.07) is 1.83. The van der Waals surface area contributed by atoms with Gasteiger partial charge in [-0.25, -0.2) is 4.39 Å². The molecule has 3 heteroatoms. The van der Waals surface area contributed by atoms with E-state index in [1.807, 2.05) is 6.07 Å². The van der Waals surface area contributed by atoms with Crippen molar-refractivity contribution < 1.29 is 4.39 Å². The molecule has 1 rings (SSSR count). The first-order chi connectivity index (χ1) is 4.67. The van der Waals surface area contributed by atoms with Crippen LogP contribution in [-0.4, -0.2) is 4.58 Å². The molecule has 1 aliphatic carbocycles. The lowest BCUT2D eigenvalue weighted by Crippen LogP contribution is -2.22. The SMILES string of the molecule is N#CC1C=CC=CC1(F)Br. The van der Waals surface area contributed by atoms with Crippen LogP contribution in [0.15, 0.2) is 24.3 Å². The molecule has 52 valence electrons. The third-order valence-electron chi connectivity index (χ3n) is 1.29. The normalized spacial score (nSPS) is 37.5. The molecule has 0 spiro atoms. The lowest BCUT2D eigenvalue weighted by molar-refractivity contribution is 0.324. The zero-order chi connectivity index (χ0) is 7.61. The highest BCUT2D eigenvalue weighted by molar-refractivity contribution is 9.10. The summed E-state index contributed by atoms with van der Waals surface area (Å²) in [5, 5.41) is 8.42. The van der Waals surface area contributed by atoms with Crippen LogP contribution in [0.1, 0.15) is 0 Å². The number of rotatable bonds is 0. The lowest BCUT2D eigenvalue weighted by atomic mass is 10.0. The van der Waals surface area contributed by atoms with Crippen LogP contribution in [0.5, 0.6) is 0 Å². The zero-order valence-corrected chi connectivity index (χ0v) is 6.68. The molecule has 0 heterocycles. The maximum absolute atomic E-state index is 13.1. The van der Waals surface area contributed by atoms with Crippen LogP contribution in [0, 0.1) is 17.2 Å². The molecule has 0 fully saturated rings.